The highest BCUT2D eigenvalue weighted by Crippen LogP contribution is 2.30. The van der Waals surface area contributed by atoms with E-state index < -0.39 is 35.6 Å². The van der Waals surface area contributed by atoms with E-state index in [0.717, 1.165) is 0 Å². The van der Waals surface area contributed by atoms with E-state index in [1.54, 1.807) is 25.1 Å². The zero-order chi connectivity index (χ0) is 16.3. The number of hydrogen-bond donors (Lipinski definition) is 1. The van der Waals surface area contributed by atoms with Gasteiger partial charge in [-0.15, -0.1) is 0 Å². The first-order valence-corrected chi connectivity index (χ1v) is 6.52. The van der Waals surface area contributed by atoms with Crippen LogP contribution in [0.3, 0.4) is 0 Å². The first kappa shape index (κ1) is 16.0. The number of Topliss-reactive ketones (excluding diaryl/α,β-unsaturated/α-hetero) is 1. The molecule has 22 heavy (non-hydrogen) atoms. The van der Waals surface area contributed by atoms with Crippen LogP contribution >= 0.6 is 0 Å². The predicted molar refractivity (Wildman–Crippen MR) is 71.2 cm³/mol. The summed E-state index contributed by atoms with van der Waals surface area (Å²) in [6, 6.07) is 6.78. The van der Waals surface area contributed by atoms with Crippen LogP contribution in [0.1, 0.15) is 18.4 Å². The molecule has 0 saturated carbocycles. The van der Waals surface area contributed by atoms with E-state index in [9.17, 15) is 22.8 Å². The molecule has 0 saturated heterocycles. The second-order valence-corrected chi connectivity index (χ2v) is 4.57. The van der Waals surface area contributed by atoms with Crippen LogP contribution in [0.2, 0.25) is 0 Å². The van der Waals surface area contributed by atoms with Gasteiger partial charge in [0.2, 0.25) is 0 Å². The quantitative estimate of drug-likeness (QED) is 0.861. The molecule has 0 radical (unpaired) electrons. The maximum absolute atomic E-state index is 12.7. The van der Waals surface area contributed by atoms with Crippen molar-refractivity contribution in [1.29, 1.82) is 0 Å². The molecule has 2 atom stereocenters. The molecule has 1 aliphatic rings. The number of nitrogens with one attached hydrogen (secondary N) is 1. The lowest BCUT2D eigenvalue weighted by molar-refractivity contribution is -0.163. The molecular formula is C14H13F3N2O3. The second-order valence-electron chi connectivity index (χ2n) is 4.57. The number of nitrogens with zero attached hydrogens (tertiary/aromatic N) is 1. The first-order valence-electron chi connectivity index (χ1n) is 6.52. The van der Waals surface area contributed by atoms with Gasteiger partial charge in [-0.05, 0) is 12.5 Å². The van der Waals surface area contributed by atoms with Crippen molar-refractivity contribution in [3.63, 3.8) is 0 Å². The number of ether oxygens (including phenoxy) is 1. The molecule has 0 spiro atoms. The monoisotopic (exact) mass is 314 g/mol. The Balaban J connectivity index is 2.39. The Morgan fingerprint density at radius 1 is 1.27 bits per heavy atom. The summed E-state index contributed by atoms with van der Waals surface area (Å²) in [7, 11) is 0. The zero-order valence-corrected chi connectivity index (χ0v) is 11.6. The van der Waals surface area contributed by atoms with Gasteiger partial charge in [-0.25, -0.2) is 4.79 Å². The van der Waals surface area contributed by atoms with Crippen molar-refractivity contribution in [2.45, 2.75) is 25.1 Å². The fourth-order valence-electron chi connectivity index (χ4n) is 2.21. The number of halogens is 3. The van der Waals surface area contributed by atoms with Gasteiger partial charge in [0.05, 0.1) is 12.5 Å². The molecule has 0 fully saturated rings. The third kappa shape index (κ3) is 3.10. The maximum atomic E-state index is 12.7. The van der Waals surface area contributed by atoms with Crippen molar-refractivity contribution in [3.8, 4) is 0 Å². The second kappa shape index (κ2) is 6.17. The van der Waals surface area contributed by atoms with Gasteiger partial charge in [0.15, 0.2) is 6.04 Å². The minimum Gasteiger partial charge on any atom is -0.464 e. The van der Waals surface area contributed by atoms with E-state index in [4.69, 9.17) is 4.74 Å². The minimum absolute atomic E-state index is 0.0705. The number of carbonyl (C=O) groups excluding carboxylic acids is 2. The molecule has 118 valence electrons. The molecule has 0 bridgehead atoms. The van der Waals surface area contributed by atoms with Gasteiger partial charge < -0.3 is 4.74 Å². The summed E-state index contributed by atoms with van der Waals surface area (Å²) in [5.41, 5.74) is 1.92. The fraction of sp³-hybridized carbons (Fsp3) is 0.357. The van der Waals surface area contributed by atoms with E-state index in [1.165, 1.54) is 12.1 Å². The molecular weight excluding hydrogens is 301 g/mol. The molecule has 8 heteroatoms. The van der Waals surface area contributed by atoms with E-state index in [0.29, 0.717) is 5.56 Å². The van der Waals surface area contributed by atoms with Crippen LogP contribution in [0.15, 0.2) is 35.4 Å². The van der Waals surface area contributed by atoms with Gasteiger partial charge in [0, 0.05) is 0 Å². The van der Waals surface area contributed by atoms with Crippen LogP contribution in [0, 0.1) is 0 Å². The lowest BCUT2D eigenvalue weighted by atomic mass is 9.86. The Hall–Kier alpha value is -2.38. The molecule has 1 N–H and O–H groups in total. The highest BCUT2D eigenvalue weighted by Gasteiger charge is 2.50. The Morgan fingerprint density at radius 2 is 1.91 bits per heavy atom. The topological polar surface area (TPSA) is 67.8 Å². The Bertz CT molecular complexity index is 599. The predicted octanol–water partition coefficient (Wildman–Crippen LogP) is 1.79. The largest absolute Gasteiger partial charge is 0.464 e. The number of esters is 1. The molecule has 1 aromatic rings. The van der Waals surface area contributed by atoms with E-state index >= 15 is 0 Å². The third-order valence-corrected chi connectivity index (χ3v) is 3.14. The average Bonchev–Trinajstić information content (AvgIpc) is 2.91. The van der Waals surface area contributed by atoms with Gasteiger partial charge in [-0.2, -0.15) is 18.3 Å². The van der Waals surface area contributed by atoms with Gasteiger partial charge in [-0.1, -0.05) is 30.3 Å². The van der Waals surface area contributed by atoms with E-state index in [-0.39, 0.29) is 6.61 Å². The van der Waals surface area contributed by atoms with Crippen molar-refractivity contribution in [1.82, 2.24) is 5.43 Å². The highest BCUT2D eigenvalue weighted by atomic mass is 19.4. The summed E-state index contributed by atoms with van der Waals surface area (Å²) in [5.74, 6) is -3.97. The molecule has 1 heterocycles. The fourth-order valence-corrected chi connectivity index (χ4v) is 2.21. The number of ketones is 1. The molecule has 0 amide bonds. The molecule has 1 aliphatic heterocycles. The summed E-state index contributed by atoms with van der Waals surface area (Å²) in [6.07, 6.45) is -5.06. The zero-order valence-electron chi connectivity index (χ0n) is 11.6. The average molecular weight is 314 g/mol. The lowest BCUT2D eigenvalue weighted by Crippen LogP contribution is -2.41. The first-order chi connectivity index (χ1) is 10.4. The number of carbonyl (C=O) groups is 2. The van der Waals surface area contributed by atoms with Crippen LogP contribution in [0.5, 0.6) is 0 Å². The van der Waals surface area contributed by atoms with Crippen LogP contribution in [0.25, 0.3) is 0 Å². The van der Waals surface area contributed by atoms with Crippen LogP contribution in [0.4, 0.5) is 13.2 Å². The van der Waals surface area contributed by atoms with Gasteiger partial charge in [0.1, 0.15) is 5.71 Å². The van der Waals surface area contributed by atoms with Crippen LogP contribution < -0.4 is 5.43 Å². The number of rotatable bonds is 4. The summed E-state index contributed by atoms with van der Waals surface area (Å²) in [4.78, 5) is 23.4. The van der Waals surface area contributed by atoms with Gasteiger partial charge in [-0.3, -0.25) is 10.2 Å². The van der Waals surface area contributed by atoms with E-state index in [1.807, 2.05) is 0 Å². The SMILES string of the molecule is CCOC(=O)[C@@H]1NN=C(C(=O)C(F)(F)F)[C@H]1c1ccccc1. The third-order valence-electron chi connectivity index (χ3n) is 3.14. The normalized spacial score (nSPS) is 21.0. The Labute approximate surface area is 124 Å². The van der Waals surface area contributed by atoms with Crippen molar-refractivity contribution in [2.75, 3.05) is 6.61 Å². The van der Waals surface area contributed by atoms with Crippen LogP contribution in [-0.4, -0.2) is 36.3 Å². The molecule has 2 rings (SSSR count). The van der Waals surface area contributed by atoms with E-state index in [2.05, 4.69) is 10.5 Å². The maximum Gasteiger partial charge on any atom is 0.456 e. The lowest BCUT2D eigenvalue weighted by Gasteiger charge is -2.19. The minimum atomic E-state index is -5.06. The van der Waals surface area contributed by atoms with Gasteiger partial charge in [0.25, 0.3) is 5.78 Å². The molecule has 0 unspecified atom stereocenters. The van der Waals surface area contributed by atoms with Gasteiger partial charge >= 0.3 is 12.1 Å². The standard InChI is InChI=1S/C14H13F3N2O3/c1-2-22-13(21)11-9(8-6-4-3-5-7-8)10(18-19-11)12(20)14(15,16)17/h3-7,9,11,19H,2H2,1H3/t9-,11-/m1/s1. The number of hydrogen-bond acceptors (Lipinski definition) is 5. The van der Waals surface area contributed by atoms with Crippen molar-refractivity contribution < 1.29 is 27.5 Å². The van der Waals surface area contributed by atoms with Crippen molar-refractivity contribution in [2.24, 2.45) is 5.10 Å². The van der Waals surface area contributed by atoms with Crippen molar-refractivity contribution in [3.05, 3.63) is 35.9 Å². The molecule has 0 aromatic heterocycles. The summed E-state index contributed by atoms with van der Waals surface area (Å²) >= 11 is 0. The summed E-state index contributed by atoms with van der Waals surface area (Å²) in [6.45, 7) is 1.65. The molecule has 5 nitrogen and oxygen atoms in total. The summed E-state index contributed by atoms with van der Waals surface area (Å²) < 4.78 is 42.9. The molecule has 1 aromatic carbocycles. The number of hydrazone groups is 1. The Morgan fingerprint density at radius 3 is 2.45 bits per heavy atom. The highest BCUT2D eigenvalue weighted by molar-refractivity contribution is 6.44. The van der Waals surface area contributed by atoms with Crippen molar-refractivity contribution >= 4 is 17.5 Å². The smallest absolute Gasteiger partial charge is 0.456 e. The number of alkyl halides is 3. The van der Waals surface area contributed by atoms with Crippen LogP contribution in [-0.2, 0) is 14.3 Å². The summed E-state index contributed by atoms with van der Waals surface area (Å²) in [5, 5.41) is 3.44. The molecule has 0 aliphatic carbocycles. The number of benzene rings is 1. The Kier molecular flexibility index (Phi) is 4.48.